The van der Waals surface area contributed by atoms with Crippen LogP contribution in [0.15, 0.2) is 36.5 Å². The van der Waals surface area contributed by atoms with Crippen LogP contribution in [0.4, 0.5) is 0 Å². The number of carbonyl (C=O) groups is 1. The van der Waals surface area contributed by atoms with Crippen LogP contribution in [0.1, 0.15) is 63.0 Å². The Bertz CT molecular complexity index is 685. The van der Waals surface area contributed by atoms with Crippen molar-refractivity contribution in [2.24, 2.45) is 0 Å². The standard InChI is InChI=1S/C20H25NO2/c1-19(2,3)15-9-14(10-16(11-15)20(4,5)6)17-8-7-13(12-21-17)18(22)23/h7-12H,1-6H3,(H,22,23). The first-order valence-electron chi connectivity index (χ1n) is 7.84. The molecule has 2 aromatic rings. The largest absolute Gasteiger partial charge is 0.478 e. The summed E-state index contributed by atoms with van der Waals surface area (Å²) in [6, 6.07) is 9.94. The smallest absolute Gasteiger partial charge is 0.337 e. The van der Waals surface area contributed by atoms with Crippen molar-refractivity contribution in [2.75, 3.05) is 0 Å². The van der Waals surface area contributed by atoms with Gasteiger partial charge in [-0.2, -0.15) is 0 Å². The molecule has 122 valence electrons. The molecule has 0 unspecified atom stereocenters. The van der Waals surface area contributed by atoms with E-state index in [4.69, 9.17) is 5.11 Å². The molecular formula is C20H25NO2. The predicted molar refractivity (Wildman–Crippen MR) is 94.0 cm³/mol. The van der Waals surface area contributed by atoms with Gasteiger partial charge < -0.3 is 5.11 Å². The Labute approximate surface area is 138 Å². The Balaban J connectivity index is 2.59. The summed E-state index contributed by atoms with van der Waals surface area (Å²) >= 11 is 0. The van der Waals surface area contributed by atoms with Crippen molar-refractivity contribution < 1.29 is 9.90 Å². The maximum absolute atomic E-state index is 11.0. The molecule has 0 atom stereocenters. The normalized spacial score (nSPS) is 12.3. The van der Waals surface area contributed by atoms with Crippen LogP contribution in [0.25, 0.3) is 11.3 Å². The Morgan fingerprint density at radius 1 is 0.913 bits per heavy atom. The molecule has 23 heavy (non-hydrogen) atoms. The van der Waals surface area contributed by atoms with Crippen LogP contribution in [0.3, 0.4) is 0 Å². The summed E-state index contributed by atoms with van der Waals surface area (Å²) in [7, 11) is 0. The van der Waals surface area contributed by atoms with Gasteiger partial charge in [-0.1, -0.05) is 47.6 Å². The maximum Gasteiger partial charge on any atom is 0.337 e. The summed E-state index contributed by atoms with van der Waals surface area (Å²) in [5.41, 5.74) is 4.62. The summed E-state index contributed by atoms with van der Waals surface area (Å²) in [6.07, 6.45) is 1.41. The van der Waals surface area contributed by atoms with Gasteiger partial charge in [-0.25, -0.2) is 4.79 Å². The minimum Gasteiger partial charge on any atom is -0.478 e. The summed E-state index contributed by atoms with van der Waals surface area (Å²) in [4.78, 5) is 15.3. The third kappa shape index (κ3) is 3.98. The van der Waals surface area contributed by atoms with E-state index in [9.17, 15) is 4.79 Å². The highest BCUT2D eigenvalue weighted by Crippen LogP contribution is 2.33. The van der Waals surface area contributed by atoms with E-state index < -0.39 is 5.97 Å². The molecule has 3 heteroatoms. The number of hydrogen-bond donors (Lipinski definition) is 1. The molecule has 0 aliphatic carbocycles. The fourth-order valence-corrected chi connectivity index (χ4v) is 2.33. The van der Waals surface area contributed by atoms with Crippen molar-refractivity contribution in [1.29, 1.82) is 0 Å². The average molecular weight is 311 g/mol. The number of carboxylic acid groups (broad SMARTS) is 1. The van der Waals surface area contributed by atoms with Crippen LogP contribution >= 0.6 is 0 Å². The summed E-state index contributed by atoms with van der Waals surface area (Å²) in [5, 5.41) is 9.01. The van der Waals surface area contributed by atoms with Crippen LogP contribution < -0.4 is 0 Å². The van der Waals surface area contributed by atoms with Gasteiger partial charge in [0.15, 0.2) is 0 Å². The van der Waals surface area contributed by atoms with Gasteiger partial charge in [0.05, 0.1) is 11.3 Å². The van der Waals surface area contributed by atoms with Crippen LogP contribution in [0.5, 0.6) is 0 Å². The molecular weight excluding hydrogens is 286 g/mol. The molecule has 0 aliphatic rings. The summed E-state index contributed by atoms with van der Waals surface area (Å²) in [6.45, 7) is 13.2. The Kier molecular flexibility index (Phi) is 4.34. The number of benzene rings is 1. The molecule has 0 bridgehead atoms. The lowest BCUT2D eigenvalue weighted by Gasteiger charge is -2.26. The lowest BCUT2D eigenvalue weighted by molar-refractivity contribution is 0.0696. The van der Waals surface area contributed by atoms with E-state index in [1.165, 1.54) is 17.3 Å². The molecule has 0 amide bonds. The zero-order valence-electron chi connectivity index (χ0n) is 14.8. The van der Waals surface area contributed by atoms with Gasteiger partial charge in [0.1, 0.15) is 0 Å². The van der Waals surface area contributed by atoms with E-state index in [1.54, 1.807) is 12.1 Å². The Hall–Kier alpha value is -2.16. The fraction of sp³-hybridized carbons (Fsp3) is 0.400. The van der Waals surface area contributed by atoms with Gasteiger partial charge in [0.2, 0.25) is 0 Å². The van der Waals surface area contributed by atoms with Crippen molar-refractivity contribution >= 4 is 5.97 Å². The second-order valence-corrected chi connectivity index (χ2v) is 8.04. The number of hydrogen-bond acceptors (Lipinski definition) is 2. The van der Waals surface area contributed by atoms with Crippen LogP contribution in [-0.2, 0) is 10.8 Å². The van der Waals surface area contributed by atoms with Gasteiger partial charge in [-0.05, 0) is 46.2 Å². The van der Waals surface area contributed by atoms with Gasteiger partial charge in [0.25, 0.3) is 0 Å². The van der Waals surface area contributed by atoms with E-state index in [-0.39, 0.29) is 16.4 Å². The number of aromatic nitrogens is 1. The molecule has 1 aromatic heterocycles. The number of pyridine rings is 1. The minimum absolute atomic E-state index is 0.0387. The molecule has 0 saturated heterocycles. The molecule has 2 rings (SSSR count). The van der Waals surface area contributed by atoms with Crippen molar-refractivity contribution in [1.82, 2.24) is 4.98 Å². The van der Waals surface area contributed by atoms with Crippen molar-refractivity contribution in [3.63, 3.8) is 0 Å². The third-order valence-electron chi connectivity index (χ3n) is 3.97. The lowest BCUT2D eigenvalue weighted by Crippen LogP contribution is -2.16. The monoisotopic (exact) mass is 311 g/mol. The van der Waals surface area contributed by atoms with Crippen LogP contribution in [-0.4, -0.2) is 16.1 Å². The topological polar surface area (TPSA) is 50.2 Å². The molecule has 0 fully saturated rings. The third-order valence-corrected chi connectivity index (χ3v) is 3.97. The highest BCUT2D eigenvalue weighted by Gasteiger charge is 2.21. The predicted octanol–water partition coefficient (Wildman–Crippen LogP) is 5.04. The maximum atomic E-state index is 11.0. The molecule has 0 aliphatic heterocycles. The van der Waals surface area contributed by atoms with Crippen molar-refractivity contribution in [3.05, 3.63) is 53.2 Å². The molecule has 0 saturated carbocycles. The quantitative estimate of drug-likeness (QED) is 0.845. The fourth-order valence-electron chi connectivity index (χ4n) is 2.33. The van der Waals surface area contributed by atoms with E-state index in [0.717, 1.165) is 11.3 Å². The van der Waals surface area contributed by atoms with E-state index >= 15 is 0 Å². The Morgan fingerprint density at radius 3 is 1.78 bits per heavy atom. The van der Waals surface area contributed by atoms with E-state index in [0.29, 0.717) is 0 Å². The van der Waals surface area contributed by atoms with Gasteiger partial charge in [-0.3, -0.25) is 4.98 Å². The lowest BCUT2D eigenvalue weighted by atomic mass is 9.79. The number of aromatic carboxylic acids is 1. The molecule has 3 nitrogen and oxygen atoms in total. The highest BCUT2D eigenvalue weighted by molar-refractivity contribution is 5.87. The first-order chi connectivity index (χ1) is 10.5. The molecule has 1 heterocycles. The summed E-state index contributed by atoms with van der Waals surface area (Å²) in [5.74, 6) is -0.956. The van der Waals surface area contributed by atoms with Gasteiger partial charge in [0, 0.05) is 11.8 Å². The molecule has 1 N–H and O–H groups in total. The van der Waals surface area contributed by atoms with E-state index in [2.05, 4.69) is 64.7 Å². The zero-order valence-corrected chi connectivity index (χ0v) is 14.8. The van der Waals surface area contributed by atoms with Crippen molar-refractivity contribution in [3.8, 4) is 11.3 Å². The number of carboxylic acids is 1. The van der Waals surface area contributed by atoms with Gasteiger partial charge in [-0.15, -0.1) is 0 Å². The highest BCUT2D eigenvalue weighted by atomic mass is 16.4. The number of rotatable bonds is 2. The Morgan fingerprint density at radius 2 is 1.43 bits per heavy atom. The van der Waals surface area contributed by atoms with E-state index in [1.807, 2.05) is 0 Å². The zero-order chi connectivity index (χ0) is 17.4. The van der Waals surface area contributed by atoms with Gasteiger partial charge >= 0.3 is 5.97 Å². The second-order valence-electron chi connectivity index (χ2n) is 8.04. The average Bonchev–Trinajstić information content (AvgIpc) is 2.45. The SMILES string of the molecule is CC(C)(C)c1cc(-c2ccc(C(=O)O)cn2)cc(C(C)(C)C)c1. The first kappa shape index (κ1) is 17.2. The second kappa shape index (κ2) is 5.80. The summed E-state index contributed by atoms with van der Waals surface area (Å²) < 4.78 is 0. The minimum atomic E-state index is -0.956. The molecule has 1 aromatic carbocycles. The van der Waals surface area contributed by atoms with Crippen LogP contribution in [0, 0.1) is 0 Å². The van der Waals surface area contributed by atoms with Crippen molar-refractivity contribution in [2.45, 2.75) is 52.4 Å². The molecule has 0 radical (unpaired) electrons. The van der Waals surface area contributed by atoms with Crippen LogP contribution in [0.2, 0.25) is 0 Å². The number of nitrogens with zero attached hydrogens (tertiary/aromatic N) is 1. The molecule has 0 spiro atoms. The first-order valence-corrected chi connectivity index (χ1v) is 7.84.